The van der Waals surface area contributed by atoms with Gasteiger partial charge in [-0.2, -0.15) is 10.1 Å². The van der Waals surface area contributed by atoms with Gasteiger partial charge in [0.2, 0.25) is 5.82 Å². The van der Waals surface area contributed by atoms with Gasteiger partial charge >= 0.3 is 0 Å². The Morgan fingerprint density at radius 1 is 1.10 bits per heavy atom. The van der Waals surface area contributed by atoms with E-state index in [4.69, 9.17) is 4.52 Å². The van der Waals surface area contributed by atoms with Crippen LogP contribution in [0.3, 0.4) is 0 Å². The third-order valence-electron chi connectivity index (χ3n) is 5.26. The number of H-pyrrole nitrogens is 1. The number of hydrogen-bond donors (Lipinski definition) is 2. The molecular weight excluding hydrogens is 394 g/mol. The summed E-state index contributed by atoms with van der Waals surface area (Å²) in [5.74, 6) is 0.0267. The van der Waals surface area contributed by atoms with E-state index in [0.29, 0.717) is 16.9 Å². The Labute approximate surface area is 176 Å². The van der Waals surface area contributed by atoms with Crippen molar-refractivity contribution in [2.45, 2.75) is 20.3 Å². The molecule has 5 rings (SSSR count). The van der Waals surface area contributed by atoms with Crippen molar-refractivity contribution in [2.75, 3.05) is 0 Å². The smallest absolute Gasteiger partial charge is 0.267 e. The number of nitrogens with one attached hydrogen (secondary N) is 1. The normalized spacial score (nSPS) is 11.3. The van der Waals surface area contributed by atoms with Gasteiger partial charge in [-0.3, -0.25) is 4.79 Å². The van der Waals surface area contributed by atoms with Crippen LogP contribution in [0, 0.1) is 6.92 Å². The molecule has 3 aromatic heterocycles. The number of fused-ring (bicyclic) bond motifs is 1. The first-order valence-corrected chi connectivity index (χ1v) is 9.88. The second kappa shape index (κ2) is 7.24. The monoisotopic (exact) mass is 413 g/mol. The van der Waals surface area contributed by atoms with E-state index >= 15 is 0 Å². The number of benzene rings is 2. The van der Waals surface area contributed by atoms with Gasteiger partial charge in [0.25, 0.3) is 11.4 Å². The van der Waals surface area contributed by atoms with E-state index in [1.807, 2.05) is 55.5 Å². The number of aromatic amines is 1. The van der Waals surface area contributed by atoms with E-state index in [1.165, 1.54) is 11.8 Å². The minimum absolute atomic E-state index is 0.0571. The van der Waals surface area contributed by atoms with Crippen LogP contribution in [-0.2, 0) is 6.42 Å². The van der Waals surface area contributed by atoms with Crippen LogP contribution < -0.4 is 5.56 Å². The lowest BCUT2D eigenvalue weighted by Crippen LogP contribution is -2.11. The van der Waals surface area contributed by atoms with Crippen molar-refractivity contribution < 1.29 is 9.63 Å². The van der Waals surface area contributed by atoms with Crippen LogP contribution in [0.15, 0.2) is 64.0 Å². The van der Waals surface area contributed by atoms with Crippen LogP contribution in [0.5, 0.6) is 5.75 Å². The van der Waals surface area contributed by atoms with Crippen LogP contribution >= 0.6 is 0 Å². The number of aromatic hydroxyl groups is 1. The average molecular weight is 413 g/mol. The first-order chi connectivity index (χ1) is 15.0. The Hall–Kier alpha value is -4.20. The van der Waals surface area contributed by atoms with Crippen LogP contribution in [0.1, 0.15) is 18.1 Å². The molecule has 154 valence electrons. The molecule has 5 aromatic rings. The number of pyridine rings is 1. The first kappa shape index (κ1) is 18.8. The van der Waals surface area contributed by atoms with Crippen molar-refractivity contribution in [2.24, 2.45) is 0 Å². The van der Waals surface area contributed by atoms with Gasteiger partial charge in [0.1, 0.15) is 17.0 Å². The number of hydrogen-bond acceptors (Lipinski definition) is 6. The fourth-order valence-electron chi connectivity index (χ4n) is 3.47. The summed E-state index contributed by atoms with van der Waals surface area (Å²) in [6.45, 7) is 4.06. The maximum Gasteiger partial charge on any atom is 0.267 e. The molecule has 0 atom stereocenters. The quantitative estimate of drug-likeness (QED) is 0.461. The van der Waals surface area contributed by atoms with Gasteiger partial charge in [-0.05, 0) is 31.0 Å². The highest BCUT2D eigenvalue weighted by atomic mass is 16.5. The molecule has 0 saturated carbocycles. The van der Waals surface area contributed by atoms with E-state index in [0.717, 1.165) is 23.2 Å². The molecule has 8 nitrogen and oxygen atoms in total. The highest BCUT2D eigenvalue weighted by Gasteiger charge is 2.22. The highest BCUT2D eigenvalue weighted by Crippen LogP contribution is 2.32. The predicted octanol–water partition coefficient (Wildman–Crippen LogP) is 4.01. The van der Waals surface area contributed by atoms with E-state index in [2.05, 4.69) is 27.1 Å². The number of nitrogens with zero attached hydrogens (tertiary/aromatic N) is 4. The Kier molecular flexibility index (Phi) is 4.39. The Morgan fingerprint density at radius 2 is 1.84 bits per heavy atom. The highest BCUT2D eigenvalue weighted by molar-refractivity contribution is 5.89. The summed E-state index contributed by atoms with van der Waals surface area (Å²) >= 11 is 0. The molecule has 0 radical (unpaired) electrons. The van der Waals surface area contributed by atoms with Crippen molar-refractivity contribution >= 4 is 11.0 Å². The second-order valence-electron chi connectivity index (χ2n) is 7.31. The maximum atomic E-state index is 12.8. The number of aromatic nitrogens is 5. The number of aryl methyl sites for hydroxylation is 2. The van der Waals surface area contributed by atoms with Crippen LogP contribution in [0.4, 0.5) is 0 Å². The zero-order valence-electron chi connectivity index (χ0n) is 17.0. The summed E-state index contributed by atoms with van der Waals surface area (Å²) in [6.07, 6.45) is 2.42. The molecule has 2 aromatic carbocycles. The molecule has 0 aliphatic rings. The van der Waals surface area contributed by atoms with Crippen LogP contribution in [-0.4, -0.2) is 30.0 Å². The van der Waals surface area contributed by atoms with Gasteiger partial charge in [-0.15, -0.1) is 0 Å². The Bertz CT molecular complexity index is 1440. The summed E-state index contributed by atoms with van der Waals surface area (Å²) < 4.78 is 6.87. The van der Waals surface area contributed by atoms with Gasteiger partial charge in [0.05, 0.1) is 17.3 Å². The lowest BCUT2D eigenvalue weighted by molar-refractivity contribution is 0.426. The summed E-state index contributed by atoms with van der Waals surface area (Å²) in [7, 11) is 0. The summed E-state index contributed by atoms with van der Waals surface area (Å²) in [5, 5.41) is 19.5. The van der Waals surface area contributed by atoms with Crippen molar-refractivity contribution in [1.82, 2.24) is 24.9 Å². The number of rotatable bonds is 4. The summed E-state index contributed by atoms with van der Waals surface area (Å²) in [6, 6.07) is 15.4. The molecule has 0 aliphatic carbocycles. The zero-order chi connectivity index (χ0) is 21.5. The van der Waals surface area contributed by atoms with Gasteiger partial charge < -0.3 is 14.6 Å². The molecule has 0 spiro atoms. The maximum absolute atomic E-state index is 12.8. The molecule has 3 heterocycles. The van der Waals surface area contributed by atoms with Crippen LogP contribution in [0.2, 0.25) is 0 Å². The van der Waals surface area contributed by atoms with Crippen LogP contribution in [0.25, 0.3) is 39.6 Å². The van der Waals surface area contributed by atoms with E-state index < -0.39 is 5.56 Å². The molecular formula is C23H19N5O3. The molecule has 0 bridgehead atoms. The largest absolute Gasteiger partial charge is 0.506 e. The van der Waals surface area contributed by atoms with Crippen molar-refractivity contribution in [3.8, 4) is 34.3 Å². The van der Waals surface area contributed by atoms with Gasteiger partial charge in [0.15, 0.2) is 0 Å². The summed E-state index contributed by atoms with van der Waals surface area (Å²) in [5.41, 5.74) is 3.57. The minimum Gasteiger partial charge on any atom is -0.506 e. The molecule has 8 heteroatoms. The van der Waals surface area contributed by atoms with Gasteiger partial charge in [-0.1, -0.05) is 54.0 Å². The fraction of sp³-hybridized carbons (Fsp3) is 0.130. The zero-order valence-corrected chi connectivity index (χ0v) is 17.0. The van der Waals surface area contributed by atoms with Crippen molar-refractivity contribution in [3.63, 3.8) is 0 Å². The lowest BCUT2D eigenvalue weighted by Gasteiger charge is -2.05. The van der Waals surface area contributed by atoms with E-state index in [9.17, 15) is 9.90 Å². The molecule has 0 amide bonds. The topological polar surface area (TPSA) is 110 Å². The molecule has 0 unspecified atom stereocenters. The lowest BCUT2D eigenvalue weighted by atomic mass is 10.1. The van der Waals surface area contributed by atoms with Crippen molar-refractivity contribution in [1.29, 1.82) is 0 Å². The molecule has 0 fully saturated rings. The van der Waals surface area contributed by atoms with E-state index in [1.54, 1.807) is 4.68 Å². The third kappa shape index (κ3) is 3.18. The molecule has 0 aliphatic heterocycles. The Balaban J connectivity index is 1.59. The molecule has 31 heavy (non-hydrogen) atoms. The summed E-state index contributed by atoms with van der Waals surface area (Å²) in [4.78, 5) is 19.9. The average Bonchev–Trinajstić information content (AvgIpc) is 3.42. The molecule has 2 N–H and O–H groups in total. The predicted molar refractivity (Wildman–Crippen MR) is 116 cm³/mol. The standard InChI is InChI=1S/C23H19N5O3/c1-3-14-6-8-15(9-7-14)20-25-23(31-27-20)18-19(29)17-12-24-28(21(17)26-22(18)30)16-10-4-13(2)5-11-16/h4-12H,3H2,1-2H3,(H2,26,29,30). The Morgan fingerprint density at radius 3 is 2.55 bits per heavy atom. The van der Waals surface area contributed by atoms with Crippen molar-refractivity contribution in [3.05, 3.63) is 76.2 Å². The van der Waals surface area contributed by atoms with E-state index in [-0.39, 0.29) is 17.2 Å². The van der Waals surface area contributed by atoms with Gasteiger partial charge in [-0.25, -0.2) is 4.68 Å². The second-order valence-corrected chi connectivity index (χ2v) is 7.31. The SMILES string of the molecule is CCc1ccc(-c2noc(-c3c(O)c4cnn(-c5ccc(C)cc5)c4[nH]c3=O)n2)cc1. The fourth-order valence-corrected chi connectivity index (χ4v) is 3.47. The van der Waals surface area contributed by atoms with Gasteiger partial charge in [0, 0.05) is 5.56 Å². The first-order valence-electron chi connectivity index (χ1n) is 9.88. The third-order valence-corrected chi connectivity index (χ3v) is 5.26. The molecule has 0 saturated heterocycles. The minimum atomic E-state index is -0.546.